The van der Waals surface area contributed by atoms with Crippen LogP contribution >= 0.6 is 35.0 Å². The molecule has 2 aromatic carbocycles. The quantitative estimate of drug-likeness (QED) is 0.704. The molecule has 0 aromatic heterocycles. The molecule has 0 heterocycles. The van der Waals surface area contributed by atoms with Crippen molar-refractivity contribution >= 4 is 52.5 Å². The number of carbonyl (C=O) groups excluding carboxylic acids is 2. The third-order valence-electron chi connectivity index (χ3n) is 2.99. The van der Waals surface area contributed by atoms with Gasteiger partial charge in [-0.25, -0.2) is 0 Å². The van der Waals surface area contributed by atoms with Crippen LogP contribution in [0.25, 0.3) is 0 Å². The topological polar surface area (TPSA) is 58.2 Å². The highest BCUT2D eigenvalue weighted by molar-refractivity contribution is 7.99. The Bertz CT molecular complexity index is 691. The molecular weight excluding hydrogens is 367 g/mol. The molecule has 2 N–H and O–H groups in total. The highest BCUT2D eigenvalue weighted by Crippen LogP contribution is 2.20. The van der Waals surface area contributed by atoms with Gasteiger partial charge in [0.25, 0.3) is 0 Å². The number of anilines is 1. The average molecular weight is 383 g/mol. The van der Waals surface area contributed by atoms with Crippen LogP contribution in [0.15, 0.2) is 53.4 Å². The van der Waals surface area contributed by atoms with Crippen molar-refractivity contribution in [2.24, 2.45) is 0 Å². The number of carbonyl (C=O) groups is 2. The van der Waals surface area contributed by atoms with E-state index in [9.17, 15) is 9.59 Å². The molecule has 0 aliphatic rings. The van der Waals surface area contributed by atoms with Crippen LogP contribution in [-0.2, 0) is 9.59 Å². The lowest BCUT2D eigenvalue weighted by atomic mass is 10.3. The predicted octanol–water partition coefficient (Wildman–Crippen LogP) is 4.23. The summed E-state index contributed by atoms with van der Waals surface area (Å²) in [4.78, 5) is 24.5. The summed E-state index contributed by atoms with van der Waals surface area (Å²) in [6.45, 7) is -0.0624. The van der Waals surface area contributed by atoms with Gasteiger partial charge < -0.3 is 10.6 Å². The van der Waals surface area contributed by atoms with Crippen LogP contribution in [-0.4, -0.2) is 24.1 Å². The van der Waals surface area contributed by atoms with Gasteiger partial charge in [0.2, 0.25) is 11.8 Å². The van der Waals surface area contributed by atoms with Gasteiger partial charge in [0.05, 0.1) is 6.54 Å². The van der Waals surface area contributed by atoms with Crippen LogP contribution in [0.4, 0.5) is 5.69 Å². The second-order valence-corrected chi connectivity index (χ2v) is 6.93. The Labute approximate surface area is 154 Å². The van der Waals surface area contributed by atoms with Crippen molar-refractivity contribution < 1.29 is 9.59 Å². The molecule has 2 rings (SSSR count). The molecule has 4 nitrogen and oxygen atoms in total. The SMILES string of the molecule is O=C(CCSc1ccc(Cl)cc1)NCC(=O)Nc1ccc(Cl)cc1. The Morgan fingerprint density at radius 1 is 0.875 bits per heavy atom. The van der Waals surface area contributed by atoms with Gasteiger partial charge in [0.1, 0.15) is 0 Å². The molecule has 126 valence electrons. The monoisotopic (exact) mass is 382 g/mol. The summed E-state index contributed by atoms with van der Waals surface area (Å²) >= 11 is 13.2. The number of hydrogen-bond donors (Lipinski definition) is 2. The third-order valence-corrected chi connectivity index (χ3v) is 4.50. The summed E-state index contributed by atoms with van der Waals surface area (Å²) < 4.78 is 0. The fourth-order valence-corrected chi connectivity index (χ4v) is 2.90. The number of halogens is 2. The first kappa shape index (κ1) is 18.6. The van der Waals surface area contributed by atoms with E-state index in [0.29, 0.717) is 27.9 Å². The zero-order chi connectivity index (χ0) is 17.4. The van der Waals surface area contributed by atoms with Gasteiger partial charge >= 0.3 is 0 Å². The lowest BCUT2D eigenvalue weighted by Crippen LogP contribution is -2.32. The smallest absolute Gasteiger partial charge is 0.243 e. The zero-order valence-corrected chi connectivity index (χ0v) is 15.0. The lowest BCUT2D eigenvalue weighted by molar-refractivity contribution is -0.123. The number of thioether (sulfide) groups is 1. The van der Waals surface area contributed by atoms with E-state index < -0.39 is 0 Å². The molecule has 0 bridgehead atoms. The van der Waals surface area contributed by atoms with Crippen LogP contribution in [0.1, 0.15) is 6.42 Å². The van der Waals surface area contributed by atoms with E-state index in [1.54, 1.807) is 36.0 Å². The van der Waals surface area contributed by atoms with Crippen LogP contribution in [0, 0.1) is 0 Å². The number of rotatable bonds is 7. The Hall–Kier alpha value is -1.69. The Balaban J connectivity index is 1.64. The van der Waals surface area contributed by atoms with E-state index in [1.807, 2.05) is 24.3 Å². The molecule has 0 saturated carbocycles. The molecule has 0 spiro atoms. The van der Waals surface area contributed by atoms with Crippen molar-refractivity contribution in [2.75, 3.05) is 17.6 Å². The van der Waals surface area contributed by atoms with Gasteiger partial charge in [0, 0.05) is 32.8 Å². The minimum atomic E-state index is -0.281. The van der Waals surface area contributed by atoms with Crippen molar-refractivity contribution in [3.05, 3.63) is 58.6 Å². The van der Waals surface area contributed by atoms with E-state index in [1.165, 1.54) is 0 Å². The summed E-state index contributed by atoms with van der Waals surface area (Å²) in [6, 6.07) is 14.2. The second-order valence-electron chi connectivity index (χ2n) is 4.88. The molecule has 2 amide bonds. The average Bonchev–Trinajstić information content (AvgIpc) is 2.57. The van der Waals surface area contributed by atoms with Gasteiger partial charge in [-0.15, -0.1) is 11.8 Å². The van der Waals surface area contributed by atoms with E-state index in [-0.39, 0.29) is 18.4 Å². The molecule has 7 heteroatoms. The number of amides is 2. The van der Waals surface area contributed by atoms with Gasteiger partial charge in [0.15, 0.2) is 0 Å². The third kappa shape index (κ3) is 6.83. The van der Waals surface area contributed by atoms with Crippen molar-refractivity contribution in [1.82, 2.24) is 5.32 Å². The molecule has 24 heavy (non-hydrogen) atoms. The number of benzene rings is 2. The summed E-state index contributed by atoms with van der Waals surface area (Å²) in [6.07, 6.45) is 0.335. The summed E-state index contributed by atoms with van der Waals surface area (Å²) in [7, 11) is 0. The minimum absolute atomic E-state index is 0.0624. The molecule has 0 aliphatic carbocycles. The zero-order valence-electron chi connectivity index (χ0n) is 12.7. The Morgan fingerprint density at radius 3 is 2.08 bits per heavy atom. The van der Waals surface area contributed by atoms with Crippen LogP contribution in [0.3, 0.4) is 0 Å². The standard InChI is InChI=1S/C17H16Cl2N2O2S/c18-12-1-5-14(6-2-12)21-17(23)11-20-16(22)9-10-24-15-7-3-13(19)4-8-15/h1-8H,9-11H2,(H,20,22)(H,21,23). The van der Waals surface area contributed by atoms with Crippen molar-refractivity contribution in [1.29, 1.82) is 0 Å². The normalized spacial score (nSPS) is 10.2. The maximum absolute atomic E-state index is 11.8. The Kier molecular flexibility index (Phi) is 7.43. The van der Waals surface area contributed by atoms with Crippen LogP contribution in [0.5, 0.6) is 0 Å². The van der Waals surface area contributed by atoms with Crippen molar-refractivity contribution in [3.63, 3.8) is 0 Å². The first-order valence-electron chi connectivity index (χ1n) is 7.23. The molecule has 0 aliphatic heterocycles. The predicted molar refractivity (Wildman–Crippen MR) is 99.9 cm³/mol. The molecule has 2 aromatic rings. The molecule has 0 atom stereocenters. The lowest BCUT2D eigenvalue weighted by Gasteiger charge is -2.07. The van der Waals surface area contributed by atoms with Gasteiger partial charge in [-0.05, 0) is 48.5 Å². The maximum Gasteiger partial charge on any atom is 0.243 e. The molecular formula is C17H16Cl2N2O2S. The summed E-state index contributed by atoms with van der Waals surface area (Å²) in [5.41, 5.74) is 0.636. The van der Waals surface area contributed by atoms with Gasteiger partial charge in [-0.2, -0.15) is 0 Å². The fourth-order valence-electron chi connectivity index (χ4n) is 1.80. The maximum atomic E-state index is 11.8. The molecule has 0 saturated heterocycles. The van der Waals surface area contributed by atoms with E-state index in [2.05, 4.69) is 10.6 Å². The van der Waals surface area contributed by atoms with Crippen LogP contribution < -0.4 is 10.6 Å². The summed E-state index contributed by atoms with van der Waals surface area (Å²) in [5.74, 6) is 0.186. The molecule has 0 unspecified atom stereocenters. The largest absolute Gasteiger partial charge is 0.347 e. The van der Waals surface area contributed by atoms with Crippen molar-refractivity contribution in [3.8, 4) is 0 Å². The van der Waals surface area contributed by atoms with Crippen molar-refractivity contribution in [2.45, 2.75) is 11.3 Å². The minimum Gasteiger partial charge on any atom is -0.347 e. The first-order valence-corrected chi connectivity index (χ1v) is 8.97. The number of nitrogens with one attached hydrogen (secondary N) is 2. The Morgan fingerprint density at radius 2 is 1.46 bits per heavy atom. The van der Waals surface area contributed by atoms with Gasteiger partial charge in [-0.3, -0.25) is 9.59 Å². The molecule has 0 radical (unpaired) electrons. The summed E-state index contributed by atoms with van der Waals surface area (Å²) in [5, 5.41) is 6.56. The van der Waals surface area contributed by atoms with E-state index in [0.717, 1.165) is 4.90 Å². The number of hydrogen-bond acceptors (Lipinski definition) is 3. The fraction of sp³-hybridized carbons (Fsp3) is 0.176. The van der Waals surface area contributed by atoms with Crippen LogP contribution in [0.2, 0.25) is 10.0 Å². The first-order chi connectivity index (χ1) is 11.5. The van der Waals surface area contributed by atoms with E-state index >= 15 is 0 Å². The second kappa shape index (κ2) is 9.57. The molecule has 0 fully saturated rings. The van der Waals surface area contributed by atoms with E-state index in [4.69, 9.17) is 23.2 Å². The highest BCUT2D eigenvalue weighted by Gasteiger charge is 2.06. The highest BCUT2D eigenvalue weighted by atomic mass is 35.5. The van der Waals surface area contributed by atoms with Gasteiger partial charge in [-0.1, -0.05) is 23.2 Å².